The van der Waals surface area contributed by atoms with E-state index in [4.69, 9.17) is 35.4 Å². The Hall–Kier alpha value is -3.26. The summed E-state index contributed by atoms with van der Waals surface area (Å²) in [5.41, 5.74) is 1.99. The summed E-state index contributed by atoms with van der Waals surface area (Å²) in [6.45, 7) is 0. The van der Waals surface area contributed by atoms with Crippen LogP contribution in [0.15, 0.2) is 72.8 Å². The zero-order chi connectivity index (χ0) is 23.1. The Bertz CT molecular complexity index is 1200. The Morgan fingerprint density at radius 2 is 1.62 bits per heavy atom. The highest BCUT2D eigenvalue weighted by Gasteiger charge is 2.09. The van der Waals surface area contributed by atoms with E-state index in [0.717, 1.165) is 5.56 Å². The maximum Gasteiger partial charge on any atom is 0.255 e. The van der Waals surface area contributed by atoms with Crippen molar-refractivity contribution in [3.8, 4) is 0 Å². The van der Waals surface area contributed by atoms with Gasteiger partial charge in [0.15, 0.2) is 5.11 Å². The summed E-state index contributed by atoms with van der Waals surface area (Å²) >= 11 is 16.7. The summed E-state index contributed by atoms with van der Waals surface area (Å²) in [4.78, 5) is 24.5. The van der Waals surface area contributed by atoms with Crippen LogP contribution in [0.25, 0.3) is 6.08 Å². The smallest absolute Gasteiger partial charge is 0.255 e. The molecule has 0 atom stereocenters. The molecule has 0 aromatic heterocycles. The van der Waals surface area contributed by atoms with Gasteiger partial charge >= 0.3 is 0 Å². The van der Waals surface area contributed by atoms with Crippen molar-refractivity contribution in [2.24, 2.45) is 0 Å². The number of amides is 2. The van der Waals surface area contributed by atoms with Gasteiger partial charge in [-0.15, -0.1) is 0 Å². The average molecular weight is 488 g/mol. The molecule has 0 aliphatic rings. The van der Waals surface area contributed by atoms with Gasteiger partial charge in [-0.25, -0.2) is 4.39 Å². The van der Waals surface area contributed by atoms with E-state index < -0.39 is 17.6 Å². The van der Waals surface area contributed by atoms with Crippen LogP contribution >= 0.6 is 35.4 Å². The molecule has 0 spiro atoms. The van der Waals surface area contributed by atoms with E-state index in [1.807, 2.05) is 0 Å². The van der Waals surface area contributed by atoms with Gasteiger partial charge in [-0.05, 0) is 72.4 Å². The highest BCUT2D eigenvalue weighted by Crippen LogP contribution is 2.20. The first-order chi connectivity index (χ1) is 15.3. The van der Waals surface area contributed by atoms with Gasteiger partial charge < -0.3 is 10.6 Å². The van der Waals surface area contributed by atoms with E-state index in [0.29, 0.717) is 22.0 Å². The first-order valence-electron chi connectivity index (χ1n) is 9.22. The van der Waals surface area contributed by atoms with Crippen LogP contribution in [0.1, 0.15) is 15.9 Å². The molecular weight excluding hydrogens is 472 g/mol. The molecular formula is C23H16Cl2FN3O2S. The van der Waals surface area contributed by atoms with Crippen LogP contribution in [0.3, 0.4) is 0 Å². The van der Waals surface area contributed by atoms with E-state index in [-0.39, 0.29) is 10.1 Å². The van der Waals surface area contributed by atoms with Gasteiger partial charge in [0.2, 0.25) is 5.91 Å². The Labute approximate surface area is 199 Å². The summed E-state index contributed by atoms with van der Waals surface area (Å²) in [5, 5.41) is 8.60. The van der Waals surface area contributed by atoms with Gasteiger partial charge in [-0.2, -0.15) is 0 Å². The predicted octanol–water partition coefficient (Wildman–Crippen LogP) is 5.91. The molecule has 3 aromatic carbocycles. The molecule has 9 heteroatoms. The number of rotatable bonds is 5. The van der Waals surface area contributed by atoms with Crippen molar-refractivity contribution in [3.05, 3.63) is 99.8 Å². The van der Waals surface area contributed by atoms with Crippen LogP contribution in [0, 0.1) is 5.82 Å². The minimum absolute atomic E-state index is 0.0682. The SMILES string of the molecule is O=C(/C=C/c1ccc(Cl)cc1)NC(=S)Nc1cccc(C(=O)Nc2ccc(F)c(Cl)c2)c1. The lowest BCUT2D eigenvalue weighted by atomic mass is 10.2. The number of thiocarbonyl (C=S) groups is 1. The fourth-order valence-electron chi connectivity index (χ4n) is 2.58. The zero-order valence-electron chi connectivity index (χ0n) is 16.4. The molecule has 5 nitrogen and oxygen atoms in total. The summed E-state index contributed by atoms with van der Waals surface area (Å²) in [6.07, 6.45) is 2.97. The van der Waals surface area contributed by atoms with Gasteiger partial charge in [0.25, 0.3) is 5.91 Å². The molecule has 0 heterocycles. The van der Waals surface area contributed by atoms with E-state index in [9.17, 15) is 14.0 Å². The molecule has 0 radical (unpaired) electrons. The van der Waals surface area contributed by atoms with Crippen molar-refractivity contribution in [2.75, 3.05) is 10.6 Å². The molecule has 0 saturated heterocycles. The molecule has 3 rings (SSSR count). The number of benzene rings is 3. The third-order valence-electron chi connectivity index (χ3n) is 4.09. The van der Waals surface area contributed by atoms with Crippen LogP contribution in [-0.4, -0.2) is 16.9 Å². The second-order valence-corrected chi connectivity index (χ2v) is 7.74. The number of carbonyl (C=O) groups excluding carboxylic acids is 2. The molecule has 0 bridgehead atoms. The molecule has 162 valence electrons. The highest BCUT2D eigenvalue weighted by atomic mass is 35.5. The Morgan fingerprint density at radius 1 is 0.906 bits per heavy atom. The molecule has 3 aromatic rings. The number of halogens is 3. The van der Waals surface area contributed by atoms with Gasteiger partial charge in [0.1, 0.15) is 5.82 Å². The standard InChI is InChI=1S/C23H16Cl2FN3O2S/c24-16-7-4-14(5-8-16)6-11-21(30)29-23(32)28-17-3-1-2-15(12-17)22(31)27-18-9-10-20(26)19(25)13-18/h1-13H,(H,27,31)(H2,28,29,30,32)/b11-6+. The van der Waals surface area contributed by atoms with Crippen molar-refractivity contribution in [1.82, 2.24) is 5.32 Å². The Balaban J connectivity index is 1.57. The average Bonchev–Trinajstić information content (AvgIpc) is 2.76. The monoisotopic (exact) mass is 487 g/mol. The molecule has 0 aliphatic carbocycles. The molecule has 0 aliphatic heterocycles. The third-order valence-corrected chi connectivity index (χ3v) is 4.84. The summed E-state index contributed by atoms with van der Waals surface area (Å²) in [6, 6.07) is 17.4. The number of anilines is 2. The van der Waals surface area contributed by atoms with Gasteiger partial charge in [-0.3, -0.25) is 14.9 Å². The molecule has 0 unspecified atom stereocenters. The maximum absolute atomic E-state index is 13.3. The Morgan fingerprint density at radius 3 is 2.34 bits per heavy atom. The van der Waals surface area contributed by atoms with Crippen LogP contribution in [0.5, 0.6) is 0 Å². The number of hydrogen-bond donors (Lipinski definition) is 3. The van der Waals surface area contributed by atoms with Gasteiger partial charge in [-0.1, -0.05) is 41.4 Å². The zero-order valence-corrected chi connectivity index (χ0v) is 18.7. The Kier molecular flexibility index (Phi) is 7.94. The number of carbonyl (C=O) groups is 2. The molecule has 3 N–H and O–H groups in total. The van der Waals surface area contributed by atoms with E-state index in [1.165, 1.54) is 24.3 Å². The normalized spacial score (nSPS) is 10.6. The largest absolute Gasteiger partial charge is 0.332 e. The van der Waals surface area contributed by atoms with Gasteiger partial charge in [0.05, 0.1) is 5.02 Å². The summed E-state index contributed by atoms with van der Waals surface area (Å²) < 4.78 is 13.3. The number of nitrogens with one attached hydrogen (secondary N) is 3. The second-order valence-electron chi connectivity index (χ2n) is 6.49. The van der Waals surface area contributed by atoms with E-state index in [2.05, 4.69) is 16.0 Å². The predicted molar refractivity (Wildman–Crippen MR) is 131 cm³/mol. The second kappa shape index (κ2) is 10.9. The van der Waals surface area contributed by atoms with Crippen molar-refractivity contribution in [3.63, 3.8) is 0 Å². The van der Waals surface area contributed by atoms with Crippen LogP contribution in [-0.2, 0) is 4.79 Å². The van der Waals surface area contributed by atoms with Crippen molar-refractivity contribution < 1.29 is 14.0 Å². The van der Waals surface area contributed by atoms with Crippen molar-refractivity contribution in [1.29, 1.82) is 0 Å². The van der Waals surface area contributed by atoms with Crippen molar-refractivity contribution in [2.45, 2.75) is 0 Å². The molecule has 2 amide bonds. The topological polar surface area (TPSA) is 70.2 Å². The summed E-state index contributed by atoms with van der Waals surface area (Å²) in [5.74, 6) is -1.41. The first-order valence-corrected chi connectivity index (χ1v) is 10.4. The molecule has 32 heavy (non-hydrogen) atoms. The third kappa shape index (κ3) is 6.88. The van der Waals surface area contributed by atoms with E-state index >= 15 is 0 Å². The minimum Gasteiger partial charge on any atom is -0.332 e. The fraction of sp³-hybridized carbons (Fsp3) is 0. The highest BCUT2D eigenvalue weighted by molar-refractivity contribution is 7.80. The van der Waals surface area contributed by atoms with Crippen LogP contribution < -0.4 is 16.0 Å². The number of hydrogen-bond acceptors (Lipinski definition) is 3. The van der Waals surface area contributed by atoms with E-state index in [1.54, 1.807) is 54.6 Å². The lowest BCUT2D eigenvalue weighted by Gasteiger charge is -2.10. The lowest BCUT2D eigenvalue weighted by Crippen LogP contribution is -2.32. The molecule has 0 saturated carbocycles. The van der Waals surface area contributed by atoms with Crippen molar-refractivity contribution >= 4 is 69.8 Å². The quantitative estimate of drug-likeness (QED) is 0.309. The van der Waals surface area contributed by atoms with Crippen LogP contribution in [0.4, 0.5) is 15.8 Å². The summed E-state index contributed by atoms with van der Waals surface area (Å²) in [7, 11) is 0. The minimum atomic E-state index is -0.575. The fourth-order valence-corrected chi connectivity index (χ4v) is 3.10. The molecule has 0 fully saturated rings. The first kappa shape index (κ1) is 23.4. The maximum atomic E-state index is 13.3. The lowest BCUT2D eigenvalue weighted by molar-refractivity contribution is -0.115. The van der Waals surface area contributed by atoms with Crippen LogP contribution in [0.2, 0.25) is 10.0 Å². The van der Waals surface area contributed by atoms with Gasteiger partial charge in [0, 0.05) is 28.0 Å².